The Bertz CT molecular complexity index is 1370. The summed E-state index contributed by atoms with van der Waals surface area (Å²) in [5.74, 6) is -0.508. The monoisotopic (exact) mass is 478 g/mol. The van der Waals surface area contributed by atoms with Crippen molar-refractivity contribution in [1.82, 2.24) is 4.98 Å². The van der Waals surface area contributed by atoms with Gasteiger partial charge in [-0.1, -0.05) is 29.6 Å². The molecule has 166 valence electrons. The lowest BCUT2D eigenvalue weighted by atomic mass is 9.81. The number of nitrogens with zero attached hydrogens (tertiary/aromatic N) is 2. The smallest absolute Gasteiger partial charge is 0.255 e. The van der Waals surface area contributed by atoms with Gasteiger partial charge in [-0.3, -0.25) is 9.59 Å². The van der Waals surface area contributed by atoms with Gasteiger partial charge in [-0.15, -0.1) is 0 Å². The summed E-state index contributed by atoms with van der Waals surface area (Å²) in [5, 5.41) is 8.02. The maximum atomic E-state index is 12.5. The average Bonchev–Trinajstić information content (AvgIpc) is 2.80. The number of hydrogen-bond donors (Lipinski definition) is 2. The van der Waals surface area contributed by atoms with Crippen LogP contribution in [0.4, 0.5) is 17.1 Å². The SMILES string of the molecule is O=C(Nc1ccc(Nc2ccnc3c2=C2CCCCC2C(=O)N=3)cc1)c1cc(Cl)cc(Cl)c1. The fraction of sp³-hybridized carbons (Fsp3) is 0.200. The van der Waals surface area contributed by atoms with Crippen molar-refractivity contribution in [3.63, 3.8) is 0 Å². The highest BCUT2D eigenvalue weighted by Crippen LogP contribution is 2.32. The van der Waals surface area contributed by atoms with Gasteiger partial charge in [0.15, 0.2) is 5.49 Å². The number of hydrogen-bond acceptors (Lipinski definition) is 4. The number of rotatable bonds is 4. The number of fused-ring (bicyclic) bond motifs is 2. The minimum absolute atomic E-state index is 0.0806. The van der Waals surface area contributed by atoms with Crippen molar-refractivity contribution >= 4 is 57.7 Å². The molecule has 1 fully saturated rings. The van der Waals surface area contributed by atoms with Gasteiger partial charge in [-0.05, 0) is 73.4 Å². The molecule has 33 heavy (non-hydrogen) atoms. The first-order valence-electron chi connectivity index (χ1n) is 10.7. The molecule has 2 N–H and O–H groups in total. The number of carbonyl (C=O) groups is 2. The molecule has 1 aromatic heterocycles. The molecule has 1 unspecified atom stereocenters. The minimum Gasteiger partial charge on any atom is -0.355 e. The third kappa shape index (κ3) is 4.49. The number of amides is 2. The van der Waals surface area contributed by atoms with Gasteiger partial charge in [0.1, 0.15) is 0 Å². The zero-order valence-electron chi connectivity index (χ0n) is 17.6. The Morgan fingerprint density at radius 3 is 2.45 bits per heavy atom. The van der Waals surface area contributed by atoms with Crippen LogP contribution in [0.15, 0.2) is 59.7 Å². The highest BCUT2D eigenvalue weighted by molar-refractivity contribution is 6.35. The lowest BCUT2D eigenvalue weighted by molar-refractivity contribution is -0.120. The van der Waals surface area contributed by atoms with Crippen molar-refractivity contribution in [3.05, 3.63) is 81.0 Å². The van der Waals surface area contributed by atoms with Gasteiger partial charge in [0, 0.05) is 38.4 Å². The quantitative estimate of drug-likeness (QED) is 0.559. The zero-order valence-corrected chi connectivity index (χ0v) is 19.1. The molecule has 1 atom stereocenters. The van der Waals surface area contributed by atoms with Gasteiger partial charge < -0.3 is 10.6 Å². The van der Waals surface area contributed by atoms with Crippen molar-refractivity contribution in [1.29, 1.82) is 0 Å². The molecule has 5 rings (SSSR count). The molecule has 8 heteroatoms. The van der Waals surface area contributed by atoms with E-state index in [0.717, 1.165) is 47.8 Å². The number of anilines is 3. The van der Waals surface area contributed by atoms with E-state index in [4.69, 9.17) is 23.2 Å². The Balaban J connectivity index is 1.39. The number of nitrogens with one attached hydrogen (secondary N) is 2. The second-order valence-electron chi connectivity index (χ2n) is 8.15. The van der Waals surface area contributed by atoms with Gasteiger partial charge in [0.05, 0.1) is 11.6 Å². The fourth-order valence-electron chi connectivity index (χ4n) is 4.40. The third-order valence-corrected chi connectivity index (χ3v) is 6.36. The van der Waals surface area contributed by atoms with Crippen LogP contribution >= 0.6 is 23.2 Å². The van der Waals surface area contributed by atoms with Crippen LogP contribution in [-0.2, 0) is 4.79 Å². The van der Waals surface area contributed by atoms with E-state index < -0.39 is 0 Å². The Morgan fingerprint density at radius 2 is 1.70 bits per heavy atom. The van der Waals surface area contributed by atoms with Gasteiger partial charge >= 0.3 is 0 Å². The van der Waals surface area contributed by atoms with Crippen LogP contribution < -0.4 is 21.3 Å². The van der Waals surface area contributed by atoms with E-state index in [1.165, 1.54) is 0 Å². The first-order chi connectivity index (χ1) is 16.0. The van der Waals surface area contributed by atoms with E-state index >= 15 is 0 Å². The Kier molecular flexibility index (Phi) is 5.87. The number of pyridine rings is 1. The fourth-order valence-corrected chi connectivity index (χ4v) is 4.93. The van der Waals surface area contributed by atoms with Crippen LogP contribution in [-0.4, -0.2) is 16.8 Å². The molecule has 1 aliphatic carbocycles. The van der Waals surface area contributed by atoms with Crippen LogP contribution in [0.1, 0.15) is 36.0 Å². The van der Waals surface area contributed by atoms with E-state index in [0.29, 0.717) is 26.8 Å². The average molecular weight is 479 g/mol. The van der Waals surface area contributed by atoms with Crippen molar-refractivity contribution in [3.8, 4) is 0 Å². The summed E-state index contributed by atoms with van der Waals surface area (Å²) in [6, 6.07) is 14.0. The maximum absolute atomic E-state index is 12.5. The van der Waals surface area contributed by atoms with Crippen LogP contribution in [0, 0.1) is 5.92 Å². The topological polar surface area (TPSA) is 83.5 Å². The molecule has 6 nitrogen and oxygen atoms in total. The first-order valence-corrected chi connectivity index (χ1v) is 11.5. The first kappa shape index (κ1) is 21.6. The van der Waals surface area contributed by atoms with E-state index in [1.807, 2.05) is 30.3 Å². The summed E-state index contributed by atoms with van der Waals surface area (Å²) in [5.41, 5.74) is 4.37. The van der Waals surface area contributed by atoms with Crippen molar-refractivity contribution in [2.75, 3.05) is 10.6 Å². The van der Waals surface area contributed by atoms with Gasteiger partial charge in [0.25, 0.3) is 11.8 Å². The molecule has 0 bridgehead atoms. The summed E-state index contributed by atoms with van der Waals surface area (Å²) in [6.07, 6.45) is 5.50. The highest BCUT2D eigenvalue weighted by atomic mass is 35.5. The third-order valence-electron chi connectivity index (χ3n) is 5.92. The predicted octanol–water partition coefficient (Wildman–Crippen LogP) is 4.89. The zero-order chi connectivity index (χ0) is 22.9. The molecule has 0 radical (unpaired) electrons. The second-order valence-corrected chi connectivity index (χ2v) is 9.02. The van der Waals surface area contributed by atoms with E-state index in [-0.39, 0.29) is 17.7 Å². The van der Waals surface area contributed by atoms with Gasteiger partial charge in [0.2, 0.25) is 0 Å². The number of carbonyl (C=O) groups excluding carboxylic acids is 2. The van der Waals surface area contributed by atoms with E-state index in [9.17, 15) is 9.59 Å². The van der Waals surface area contributed by atoms with Crippen LogP contribution in [0.5, 0.6) is 0 Å². The summed E-state index contributed by atoms with van der Waals surface area (Å²) >= 11 is 12.0. The van der Waals surface area contributed by atoms with Crippen molar-refractivity contribution in [2.24, 2.45) is 10.9 Å². The lowest BCUT2D eigenvalue weighted by Crippen LogP contribution is -2.41. The molecule has 1 aliphatic heterocycles. The van der Waals surface area contributed by atoms with Crippen LogP contribution in [0.3, 0.4) is 0 Å². The molecular formula is C25H20Cl2N4O2. The molecule has 2 aliphatic rings. The number of benzene rings is 2. The number of halogens is 2. The number of aromatic nitrogens is 1. The molecule has 2 aromatic carbocycles. The Labute approximate surface area is 200 Å². The van der Waals surface area contributed by atoms with Gasteiger partial charge in [-0.2, -0.15) is 4.99 Å². The summed E-state index contributed by atoms with van der Waals surface area (Å²) in [4.78, 5) is 33.5. The standard InChI is InChI=1S/C25H20Cl2N4O2/c26-15-11-14(12-16(27)13-15)24(32)30-18-7-5-17(6-8-18)29-21-9-10-28-23-22(21)19-3-1-2-4-20(19)25(33)31-23/h5-13,20,29H,1-4H2,(H,30,32). The second kappa shape index (κ2) is 8.96. The highest BCUT2D eigenvalue weighted by Gasteiger charge is 2.30. The maximum Gasteiger partial charge on any atom is 0.255 e. The Morgan fingerprint density at radius 1 is 0.970 bits per heavy atom. The molecule has 2 amide bonds. The van der Waals surface area contributed by atoms with Gasteiger partial charge in [-0.25, -0.2) is 4.98 Å². The molecule has 2 heterocycles. The lowest BCUT2D eigenvalue weighted by Gasteiger charge is -2.25. The largest absolute Gasteiger partial charge is 0.355 e. The minimum atomic E-state index is -0.297. The summed E-state index contributed by atoms with van der Waals surface area (Å²) in [7, 11) is 0. The molecular weight excluding hydrogens is 459 g/mol. The molecule has 3 aromatic rings. The van der Waals surface area contributed by atoms with Crippen LogP contribution in [0.25, 0.3) is 5.57 Å². The molecule has 0 spiro atoms. The predicted molar refractivity (Wildman–Crippen MR) is 130 cm³/mol. The van der Waals surface area contributed by atoms with E-state index in [1.54, 1.807) is 24.4 Å². The summed E-state index contributed by atoms with van der Waals surface area (Å²) in [6.45, 7) is 0. The van der Waals surface area contributed by atoms with Crippen molar-refractivity contribution in [2.45, 2.75) is 25.7 Å². The van der Waals surface area contributed by atoms with Crippen LogP contribution in [0.2, 0.25) is 10.0 Å². The molecule has 1 saturated carbocycles. The Hall–Kier alpha value is -3.22. The van der Waals surface area contributed by atoms with Crippen molar-refractivity contribution < 1.29 is 9.59 Å². The summed E-state index contributed by atoms with van der Waals surface area (Å²) < 4.78 is 0. The normalized spacial score (nSPS) is 17.0. The molecule has 0 saturated heterocycles. The van der Waals surface area contributed by atoms with E-state index in [2.05, 4.69) is 20.6 Å².